The van der Waals surface area contributed by atoms with Gasteiger partial charge in [0.05, 0.1) is 37.5 Å². The molecular weight excluding hydrogens is 370 g/mol. The van der Waals surface area contributed by atoms with E-state index >= 15 is 0 Å². The molecule has 154 valence electrons. The largest absolute Gasteiger partial charge is 0.462 e. The van der Waals surface area contributed by atoms with Crippen molar-refractivity contribution < 1.29 is 18.8 Å². The standard InChI is InChI=1S/C22H27N3O4/c1-25(12-17-5-3-2-4-6-17)13-21-9-18(24-29-21)10-22(15-27-16-22)23-11-19-7-8-20(14-26)28-19/h2-9,23,26H,10-16H2,1H3. The molecule has 0 bridgehead atoms. The minimum absolute atomic E-state index is 0.0886. The average Bonchev–Trinajstić information content (AvgIpc) is 3.33. The van der Waals surface area contributed by atoms with E-state index in [1.54, 1.807) is 6.07 Å². The third-order valence-corrected chi connectivity index (χ3v) is 5.12. The summed E-state index contributed by atoms with van der Waals surface area (Å²) in [4.78, 5) is 2.20. The first-order valence-electron chi connectivity index (χ1n) is 9.82. The van der Waals surface area contributed by atoms with Crippen molar-refractivity contribution in [2.45, 2.75) is 38.2 Å². The van der Waals surface area contributed by atoms with Crippen LogP contribution in [0.25, 0.3) is 0 Å². The van der Waals surface area contributed by atoms with E-state index in [1.807, 2.05) is 18.2 Å². The molecule has 0 atom stereocenters. The van der Waals surface area contributed by atoms with Crippen molar-refractivity contribution in [2.24, 2.45) is 0 Å². The molecule has 0 unspecified atom stereocenters. The zero-order valence-electron chi connectivity index (χ0n) is 16.6. The number of aromatic nitrogens is 1. The number of hydrogen-bond donors (Lipinski definition) is 2. The summed E-state index contributed by atoms with van der Waals surface area (Å²) in [5.41, 5.74) is 2.02. The van der Waals surface area contributed by atoms with Gasteiger partial charge in [0, 0.05) is 19.0 Å². The third kappa shape index (κ3) is 5.13. The van der Waals surface area contributed by atoms with Crippen molar-refractivity contribution in [2.75, 3.05) is 20.3 Å². The molecule has 3 aromatic rings. The molecule has 0 aliphatic carbocycles. The summed E-state index contributed by atoms with van der Waals surface area (Å²) in [6, 6.07) is 16.1. The number of aliphatic hydroxyl groups is 1. The molecule has 0 amide bonds. The first-order valence-corrected chi connectivity index (χ1v) is 9.82. The maximum Gasteiger partial charge on any atom is 0.150 e. The number of nitrogens with zero attached hydrogens (tertiary/aromatic N) is 2. The summed E-state index contributed by atoms with van der Waals surface area (Å²) >= 11 is 0. The second-order valence-electron chi connectivity index (χ2n) is 7.77. The Morgan fingerprint density at radius 1 is 1.07 bits per heavy atom. The number of nitrogens with one attached hydrogen (secondary N) is 1. The summed E-state index contributed by atoms with van der Waals surface area (Å²) in [5.74, 6) is 2.22. The molecule has 7 heteroatoms. The fraction of sp³-hybridized carbons (Fsp3) is 0.409. The fourth-order valence-corrected chi connectivity index (χ4v) is 3.57. The zero-order chi connectivity index (χ0) is 20.1. The third-order valence-electron chi connectivity index (χ3n) is 5.12. The summed E-state index contributed by atoms with van der Waals surface area (Å²) in [6.45, 7) is 3.29. The molecule has 0 radical (unpaired) electrons. The second-order valence-corrected chi connectivity index (χ2v) is 7.77. The van der Waals surface area contributed by atoms with E-state index in [9.17, 15) is 0 Å². The van der Waals surface area contributed by atoms with Crippen LogP contribution in [-0.2, 0) is 37.4 Å². The Bertz CT molecular complexity index is 902. The topological polar surface area (TPSA) is 83.9 Å². The summed E-state index contributed by atoms with van der Waals surface area (Å²) in [5, 5.41) is 16.9. The second kappa shape index (κ2) is 8.92. The van der Waals surface area contributed by atoms with Gasteiger partial charge in [-0.1, -0.05) is 35.5 Å². The van der Waals surface area contributed by atoms with Crippen molar-refractivity contribution in [1.82, 2.24) is 15.4 Å². The Morgan fingerprint density at radius 3 is 2.55 bits per heavy atom. The van der Waals surface area contributed by atoms with E-state index in [0.29, 0.717) is 32.1 Å². The average molecular weight is 397 g/mol. The monoisotopic (exact) mass is 397 g/mol. The summed E-state index contributed by atoms with van der Waals surface area (Å²) < 4.78 is 16.6. The van der Waals surface area contributed by atoms with Crippen LogP contribution in [0.2, 0.25) is 0 Å². The number of aliphatic hydroxyl groups excluding tert-OH is 1. The molecule has 1 aliphatic heterocycles. The summed E-state index contributed by atoms with van der Waals surface area (Å²) in [7, 11) is 2.07. The smallest absolute Gasteiger partial charge is 0.150 e. The van der Waals surface area contributed by atoms with Crippen molar-refractivity contribution in [3.63, 3.8) is 0 Å². The molecule has 3 heterocycles. The van der Waals surface area contributed by atoms with Gasteiger partial charge in [-0.25, -0.2) is 0 Å². The Kier molecular flexibility index (Phi) is 6.10. The van der Waals surface area contributed by atoms with Crippen LogP contribution in [0.5, 0.6) is 0 Å². The molecule has 1 saturated heterocycles. The van der Waals surface area contributed by atoms with Crippen LogP contribution < -0.4 is 5.32 Å². The van der Waals surface area contributed by atoms with E-state index in [1.165, 1.54) is 5.56 Å². The Balaban J connectivity index is 1.31. The number of hydrogen-bond acceptors (Lipinski definition) is 7. The lowest BCUT2D eigenvalue weighted by atomic mass is 9.91. The van der Waals surface area contributed by atoms with Gasteiger partial charge < -0.3 is 18.8 Å². The van der Waals surface area contributed by atoms with Gasteiger partial charge in [-0.2, -0.15) is 0 Å². The quantitative estimate of drug-likeness (QED) is 0.544. The van der Waals surface area contributed by atoms with Gasteiger partial charge in [0.15, 0.2) is 5.76 Å². The maximum absolute atomic E-state index is 9.12. The van der Waals surface area contributed by atoms with E-state index in [4.69, 9.17) is 18.8 Å². The van der Waals surface area contributed by atoms with Crippen LogP contribution in [0.3, 0.4) is 0 Å². The van der Waals surface area contributed by atoms with Crippen molar-refractivity contribution in [1.29, 1.82) is 0 Å². The van der Waals surface area contributed by atoms with Gasteiger partial charge in [0.25, 0.3) is 0 Å². The van der Waals surface area contributed by atoms with Crippen LogP contribution in [-0.4, -0.2) is 41.0 Å². The van der Waals surface area contributed by atoms with E-state index in [-0.39, 0.29) is 12.1 Å². The molecule has 7 nitrogen and oxygen atoms in total. The molecule has 1 aliphatic rings. The van der Waals surface area contributed by atoms with Crippen molar-refractivity contribution in [3.05, 3.63) is 77.1 Å². The van der Waals surface area contributed by atoms with Crippen LogP contribution in [0.4, 0.5) is 0 Å². The van der Waals surface area contributed by atoms with Crippen molar-refractivity contribution in [3.8, 4) is 0 Å². The molecule has 2 N–H and O–H groups in total. The van der Waals surface area contributed by atoms with Crippen LogP contribution in [0.1, 0.15) is 28.5 Å². The van der Waals surface area contributed by atoms with Crippen LogP contribution >= 0.6 is 0 Å². The minimum atomic E-state index is -0.170. The summed E-state index contributed by atoms with van der Waals surface area (Å²) in [6.07, 6.45) is 0.729. The maximum atomic E-state index is 9.12. The minimum Gasteiger partial charge on any atom is -0.462 e. The molecular formula is C22H27N3O4. The molecule has 2 aromatic heterocycles. The van der Waals surface area contributed by atoms with E-state index < -0.39 is 0 Å². The van der Waals surface area contributed by atoms with Gasteiger partial charge >= 0.3 is 0 Å². The normalized spacial score (nSPS) is 15.6. The predicted octanol–water partition coefficient (Wildman–Crippen LogP) is 2.49. The molecule has 1 aromatic carbocycles. The lowest BCUT2D eigenvalue weighted by Gasteiger charge is -2.41. The highest BCUT2D eigenvalue weighted by atomic mass is 16.5. The zero-order valence-corrected chi connectivity index (χ0v) is 16.6. The number of ether oxygens (including phenoxy) is 1. The Hall–Kier alpha value is -2.45. The van der Waals surface area contributed by atoms with Gasteiger partial charge in [-0.3, -0.25) is 10.2 Å². The van der Waals surface area contributed by atoms with E-state index in [0.717, 1.165) is 30.2 Å². The van der Waals surface area contributed by atoms with Gasteiger partial charge in [-0.15, -0.1) is 0 Å². The number of benzene rings is 1. The molecule has 0 spiro atoms. The highest BCUT2D eigenvalue weighted by Gasteiger charge is 2.39. The number of furan rings is 1. The predicted molar refractivity (Wildman–Crippen MR) is 107 cm³/mol. The first kappa shape index (κ1) is 19.8. The fourth-order valence-electron chi connectivity index (χ4n) is 3.57. The van der Waals surface area contributed by atoms with Gasteiger partial charge in [0.2, 0.25) is 0 Å². The lowest BCUT2D eigenvalue weighted by Crippen LogP contribution is -2.61. The van der Waals surface area contributed by atoms with Crippen molar-refractivity contribution >= 4 is 0 Å². The molecule has 1 fully saturated rings. The highest BCUT2D eigenvalue weighted by Crippen LogP contribution is 2.24. The van der Waals surface area contributed by atoms with Crippen LogP contribution in [0.15, 0.2) is 57.5 Å². The van der Waals surface area contributed by atoms with Gasteiger partial charge in [0.1, 0.15) is 18.1 Å². The van der Waals surface area contributed by atoms with Crippen LogP contribution in [0, 0.1) is 0 Å². The molecule has 4 rings (SSSR count). The SMILES string of the molecule is CN(Cc1ccccc1)Cc1cc(CC2(NCc3ccc(CO)o3)COC2)no1. The Morgan fingerprint density at radius 2 is 1.86 bits per heavy atom. The van der Waals surface area contributed by atoms with E-state index in [2.05, 4.69) is 46.7 Å². The lowest BCUT2D eigenvalue weighted by molar-refractivity contribution is -0.0762. The van der Waals surface area contributed by atoms with Gasteiger partial charge in [-0.05, 0) is 24.7 Å². The Labute approximate surface area is 170 Å². The first-order chi connectivity index (χ1) is 14.1. The number of rotatable bonds is 10. The highest BCUT2D eigenvalue weighted by molar-refractivity contribution is 5.16. The molecule has 29 heavy (non-hydrogen) atoms. The molecule has 0 saturated carbocycles.